The minimum Gasteiger partial charge on any atom is -0.478 e. The molecule has 0 spiro atoms. The molecular formula is C11H15N3O5S. The lowest BCUT2D eigenvalue weighted by atomic mass is 10.2. The van der Waals surface area contributed by atoms with E-state index in [9.17, 15) is 18.0 Å². The van der Waals surface area contributed by atoms with Crippen molar-refractivity contribution >= 4 is 27.6 Å². The minimum atomic E-state index is -3.95. The summed E-state index contributed by atoms with van der Waals surface area (Å²) in [7, 11) is -3.95. The third-order valence-electron chi connectivity index (χ3n) is 2.41. The molecule has 0 fully saturated rings. The first-order chi connectivity index (χ1) is 9.13. The number of anilines is 1. The first-order valence-electron chi connectivity index (χ1n) is 5.57. The molecule has 8 nitrogen and oxygen atoms in total. The van der Waals surface area contributed by atoms with Crippen LogP contribution in [0.25, 0.3) is 0 Å². The summed E-state index contributed by atoms with van der Waals surface area (Å²) in [5.74, 6) is -1.86. The Morgan fingerprint density at radius 1 is 1.40 bits per heavy atom. The molecule has 0 saturated carbocycles. The summed E-state index contributed by atoms with van der Waals surface area (Å²) in [5, 5.41) is 8.78. The topological polar surface area (TPSA) is 153 Å². The van der Waals surface area contributed by atoms with E-state index < -0.39 is 27.9 Å². The predicted octanol–water partition coefficient (Wildman–Crippen LogP) is -0.491. The lowest BCUT2D eigenvalue weighted by molar-refractivity contribution is -0.118. The molecule has 9 heteroatoms. The van der Waals surface area contributed by atoms with E-state index >= 15 is 0 Å². The number of amides is 1. The van der Waals surface area contributed by atoms with Gasteiger partial charge in [0, 0.05) is 12.5 Å². The maximum absolute atomic E-state index is 12.0. The number of carboxylic acids is 1. The van der Waals surface area contributed by atoms with Gasteiger partial charge < -0.3 is 16.6 Å². The molecule has 1 unspecified atom stereocenters. The highest BCUT2D eigenvalue weighted by atomic mass is 32.2. The Balaban J connectivity index is 3.04. The van der Waals surface area contributed by atoms with Crippen LogP contribution in [0.4, 0.5) is 5.69 Å². The molecule has 20 heavy (non-hydrogen) atoms. The summed E-state index contributed by atoms with van der Waals surface area (Å²) in [6, 6.07) is 2.58. The van der Waals surface area contributed by atoms with Crippen LogP contribution in [-0.4, -0.2) is 31.4 Å². The number of primary amides is 1. The van der Waals surface area contributed by atoms with Gasteiger partial charge in [0.25, 0.3) is 0 Å². The quantitative estimate of drug-likeness (QED) is 0.520. The fraction of sp³-hybridized carbons (Fsp3) is 0.273. The van der Waals surface area contributed by atoms with Gasteiger partial charge in [0.05, 0.1) is 11.3 Å². The molecule has 1 aromatic rings. The maximum Gasteiger partial charge on any atom is 0.335 e. The number of nitrogens with two attached hydrogens (primary N) is 2. The number of benzene rings is 1. The van der Waals surface area contributed by atoms with Crippen LogP contribution in [0.15, 0.2) is 23.1 Å². The number of sulfonamides is 1. The van der Waals surface area contributed by atoms with Gasteiger partial charge in [-0.05, 0) is 25.1 Å². The van der Waals surface area contributed by atoms with Crippen molar-refractivity contribution < 1.29 is 23.1 Å². The van der Waals surface area contributed by atoms with Crippen LogP contribution in [0.1, 0.15) is 23.7 Å². The van der Waals surface area contributed by atoms with Gasteiger partial charge in [-0.25, -0.2) is 17.9 Å². The molecule has 0 aliphatic rings. The average Bonchev–Trinajstić information content (AvgIpc) is 2.25. The van der Waals surface area contributed by atoms with E-state index in [1.807, 2.05) is 0 Å². The zero-order valence-electron chi connectivity index (χ0n) is 10.7. The van der Waals surface area contributed by atoms with Gasteiger partial charge in [0.1, 0.15) is 4.90 Å². The van der Waals surface area contributed by atoms with Crippen molar-refractivity contribution in [3.05, 3.63) is 23.8 Å². The highest BCUT2D eigenvalue weighted by Crippen LogP contribution is 2.20. The van der Waals surface area contributed by atoms with Gasteiger partial charge >= 0.3 is 5.97 Å². The van der Waals surface area contributed by atoms with Crippen LogP contribution in [0.5, 0.6) is 0 Å². The monoisotopic (exact) mass is 301 g/mol. The number of carbonyl (C=O) groups excluding carboxylic acids is 1. The van der Waals surface area contributed by atoms with Crippen molar-refractivity contribution in [1.29, 1.82) is 0 Å². The van der Waals surface area contributed by atoms with E-state index in [2.05, 4.69) is 4.72 Å². The van der Waals surface area contributed by atoms with Gasteiger partial charge in [-0.1, -0.05) is 0 Å². The molecule has 0 aromatic heterocycles. The summed E-state index contributed by atoms with van der Waals surface area (Å²) < 4.78 is 26.3. The van der Waals surface area contributed by atoms with E-state index in [0.29, 0.717) is 0 Å². The van der Waals surface area contributed by atoms with Gasteiger partial charge in [0.15, 0.2) is 0 Å². The molecule has 1 aromatic carbocycles. The molecule has 1 atom stereocenters. The lowest BCUT2D eigenvalue weighted by Crippen LogP contribution is -2.36. The Morgan fingerprint density at radius 2 is 2.00 bits per heavy atom. The molecule has 0 aliphatic heterocycles. The number of hydrogen-bond acceptors (Lipinski definition) is 5. The summed E-state index contributed by atoms with van der Waals surface area (Å²) in [4.78, 5) is 21.2. The molecule has 0 aliphatic carbocycles. The second-order valence-corrected chi connectivity index (χ2v) is 5.93. The zero-order chi connectivity index (χ0) is 15.5. The SMILES string of the molecule is CC(CC(N)=O)NS(=O)(=O)c1ccc(C(=O)O)cc1N. The Bertz CT molecular complexity index is 641. The summed E-state index contributed by atoms with van der Waals surface area (Å²) >= 11 is 0. The van der Waals surface area contributed by atoms with Gasteiger partial charge in [0.2, 0.25) is 15.9 Å². The van der Waals surface area contributed by atoms with Crippen molar-refractivity contribution in [1.82, 2.24) is 4.72 Å². The molecule has 0 radical (unpaired) electrons. The molecule has 6 N–H and O–H groups in total. The number of nitrogen functional groups attached to an aromatic ring is 1. The molecule has 0 saturated heterocycles. The average molecular weight is 301 g/mol. The molecule has 0 bridgehead atoms. The normalized spacial score (nSPS) is 12.8. The third-order valence-corrected chi connectivity index (χ3v) is 4.07. The lowest BCUT2D eigenvalue weighted by Gasteiger charge is -2.14. The summed E-state index contributed by atoms with van der Waals surface area (Å²) in [6.45, 7) is 1.48. The van der Waals surface area contributed by atoms with E-state index in [1.54, 1.807) is 0 Å². The largest absolute Gasteiger partial charge is 0.478 e. The van der Waals surface area contributed by atoms with E-state index in [4.69, 9.17) is 16.6 Å². The molecule has 1 rings (SSSR count). The van der Waals surface area contributed by atoms with Crippen molar-refractivity contribution in [3.8, 4) is 0 Å². The van der Waals surface area contributed by atoms with Crippen molar-refractivity contribution in [2.45, 2.75) is 24.3 Å². The second kappa shape index (κ2) is 5.88. The smallest absolute Gasteiger partial charge is 0.335 e. The third kappa shape index (κ3) is 3.93. The summed E-state index contributed by atoms with van der Waals surface area (Å²) in [5.41, 5.74) is 10.2. The van der Waals surface area contributed by atoms with Gasteiger partial charge in [-0.15, -0.1) is 0 Å². The van der Waals surface area contributed by atoms with E-state index in [1.165, 1.54) is 6.92 Å². The Hall–Kier alpha value is -2.13. The Morgan fingerprint density at radius 3 is 2.45 bits per heavy atom. The van der Waals surface area contributed by atoms with Gasteiger partial charge in [-0.2, -0.15) is 0 Å². The van der Waals surface area contributed by atoms with Crippen molar-refractivity contribution in [3.63, 3.8) is 0 Å². The Kier molecular flexibility index (Phi) is 4.69. The molecule has 1 amide bonds. The first-order valence-corrected chi connectivity index (χ1v) is 7.05. The van der Waals surface area contributed by atoms with Crippen LogP contribution >= 0.6 is 0 Å². The molecule has 0 heterocycles. The highest BCUT2D eigenvalue weighted by Gasteiger charge is 2.21. The van der Waals surface area contributed by atoms with Crippen LogP contribution in [0, 0.1) is 0 Å². The van der Waals surface area contributed by atoms with E-state index in [0.717, 1.165) is 18.2 Å². The number of carboxylic acid groups (broad SMARTS) is 1. The number of aromatic carboxylic acids is 1. The minimum absolute atomic E-state index is 0.119. The fourth-order valence-corrected chi connectivity index (χ4v) is 2.95. The maximum atomic E-state index is 12.0. The van der Waals surface area contributed by atoms with Crippen LogP contribution in [0.2, 0.25) is 0 Å². The number of hydrogen-bond donors (Lipinski definition) is 4. The Labute approximate surface area is 115 Å². The molecule has 110 valence electrons. The first kappa shape index (κ1) is 15.9. The fourth-order valence-electron chi connectivity index (χ4n) is 1.60. The standard InChI is InChI=1S/C11H15N3O5S/c1-6(4-10(13)15)14-20(18,19)9-3-2-7(11(16)17)5-8(9)12/h2-3,5-6,14H,4,12H2,1H3,(H2,13,15)(H,16,17). The summed E-state index contributed by atoms with van der Waals surface area (Å²) in [6.07, 6.45) is -0.160. The van der Waals surface area contributed by atoms with Crippen LogP contribution in [-0.2, 0) is 14.8 Å². The number of rotatable bonds is 6. The van der Waals surface area contributed by atoms with Gasteiger partial charge in [-0.3, -0.25) is 4.79 Å². The van der Waals surface area contributed by atoms with Crippen molar-refractivity contribution in [2.24, 2.45) is 5.73 Å². The highest BCUT2D eigenvalue weighted by molar-refractivity contribution is 7.89. The van der Waals surface area contributed by atoms with Crippen LogP contribution in [0.3, 0.4) is 0 Å². The van der Waals surface area contributed by atoms with Crippen molar-refractivity contribution in [2.75, 3.05) is 5.73 Å². The molecular weight excluding hydrogens is 286 g/mol. The predicted molar refractivity (Wildman–Crippen MR) is 71.4 cm³/mol. The number of carbonyl (C=O) groups is 2. The van der Waals surface area contributed by atoms with Crippen LogP contribution < -0.4 is 16.2 Å². The van der Waals surface area contributed by atoms with E-state index in [-0.39, 0.29) is 22.6 Å². The number of nitrogens with one attached hydrogen (secondary N) is 1. The second-order valence-electron chi connectivity index (χ2n) is 4.25. The zero-order valence-corrected chi connectivity index (χ0v) is 11.5.